The topological polar surface area (TPSA) is 146 Å². The van der Waals surface area contributed by atoms with Crippen LogP contribution in [0.5, 0.6) is 0 Å². The zero-order chi connectivity index (χ0) is 25.3. The number of rotatable bonds is 3. The molecule has 1 unspecified atom stereocenters. The molecular weight excluding hydrogens is 493 g/mol. The van der Waals surface area contributed by atoms with Crippen LogP contribution in [-0.2, 0) is 11.3 Å². The highest BCUT2D eigenvalue weighted by atomic mass is 32.1. The fourth-order valence-corrected chi connectivity index (χ4v) is 4.54. The van der Waals surface area contributed by atoms with Gasteiger partial charge >= 0.3 is 12.1 Å². The second kappa shape index (κ2) is 9.85. The number of carboxylic acids is 1. The predicted octanol–water partition coefficient (Wildman–Crippen LogP) is 0.866. The van der Waals surface area contributed by atoms with Crippen molar-refractivity contribution in [3.8, 4) is 0 Å². The van der Waals surface area contributed by atoms with E-state index in [4.69, 9.17) is 9.90 Å². The van der Waals surface area contributed by atoms with E-state index in [1.165, 1.54) is 11.5 Å². The molecule has 16 heteroatoms. The summed E-state index contributed by atoms with van der Waals surface area (Å²) < 4.78 is 37.5. The molecule has 1 aliphatic carbocycles. The minimum absolute atomic E-state index is 0.0592. The summed E-state index contributed by atoms with van der Waals surface area (Å²) in [5, 5.41) is 22.7. The second-order valence-corrected chi connectivity index (χ2v) is 9.38. The molecular formula is C19H23F3N8O4S. The number of carboxylic acid groups (broad SMARTS) is 1. The van der Waals surface area contributed by atoms with Crippen molar-refractivity contribution in [1.29, 1.82) is 0 Å². The van der Waals surface area contributed by atoms with E-state index in [1.807, 2.05) is 16.4 Å². The van der Waals surface area contributed by atoms with E-state index in [-0.39, 0.29) is 23.9 Å². The van der Waals surface area contributed by atoms with Gasteiger partial charge in [0.1, 0.15) is 0 Å². The molecule has 1 saturated carbocycles. The van der Waals surface area contributed by atoms with Gasteiger partial charge < -0.3 is 19.9 Å². The number of alkyl halides is 3. The first-order chi connectivity index (χ1) is 16.6. The summed E-state index contributed by atoms with van der Waals surface area (Å²) >= 11 is 1.24. The Hall–Kier alpha value is -3.14. The lowest BCUT2D eigenvalue weighted by Crippen LogP contribution is -2.54. The number of nitrogens with one attached hydrogen (secondary N) is 1. The van der Waals surface area contributed by atoms with Crippen LogP contribution in [-0.4, -0.2) is 95.4 Å². The van der Waals surface area contributed by atoms with E-state index in [9.17, 15) is 22.8 Å². The Kier molecular flexibility index (Phi) is 7.02. The van der Waals surface area contributed by atoms with Crippen LogP contribution in [0.2, 0.25) is 0 Å². The third-order valence-electron chi connectivity index (χ3n) is 6.21. The maximum atomic E-state index is 12.8. The Morgan fingerprint density at radius 3 is 2.34 bits per heavy atom. The molecule has 2 aromatic rings. The summed E-state index contributed by atoms with van der Waals surface area (Å²) in [4.78, 5) is 39.3. The van der Waals surface area contributed by atoms with Crippen molar-refractivity contribution in [2.75, 3.05) is 26.2 Å². The first-order valence-electron chi connectivity index (χ1n) is 10.9. The van der Waals surface area contributed by atoms with E-state index >= 15 is 0 Å². The normalized spacial score (nSPS) is 20.1. The highest BCUT2D eigenvalue weighted by Crippen LogP contribution is 2.29. The third-order valence-corrected chi connectivity index (χ3v) is 6.84. The first-order valence-corrected chi connectivity index (χ1v) is 11.7. The molecule has 2 aliphatic heterocycles. The average Bonchev–Trinajstić information content (AvgIpc) is 3.41. The Bertz CT molecular complexity index is 1120. The number of nitrogens with zero attached hydrogens (tertiary/aromatic N) is 7. The quantitative estimate of drug-likeness (QED) is 0.607. The Balaban J connectivity index is 0.000000364. The van der Waals surface area contributed by atoms with Crippen LogP contribution in [0.4, 0.5) is 13.2 Å². The summed E-state index contributed by atoms with van der Waals surface area (Å²) in [6.45, 7) is 5.30. The summed E-state index contributed by atoms with van der Waals surface area (Å²) in [6, 6.07) is 0.203. The van der Waals surface area contributed by atoms with Gasteiger partial charge in [0.05, 0.1) is 10.9 Å². The van der Waals surface area contributed by atoms with Crippen molar-refractivity contribution in [3.05, 3.63) is 22.2 Å². The molecule has 2 N–H and O–H groups in total. The number of hydrogen-bond donors (Lipinski definition) is 2. The monoisotopic (exact) mass is 516 g/mol. The number of aromatic nitrogens is 5. The number of aryl methyl sites for hydroxylation is 1. The van der Waals surface area contributed by atoms with Crippen molar-refractivity contribution in [3.63, 3.8) is 0 Å². The smallest absolute Gasteiger partial charge is 0.475 e. The molecule has 2 fully saturated rings. The lowest BCUT2D eigenvalue weighted by Gasteiger charge is -2.43. The fraction of sp³-hybridized carbons (Fsp3) is 0.632. The molecule has 12 nitrogen and oxygen atoms in total. The standard InChI is InChI=1S/C17H22N8O2S.C2HF3O2/c1-10-13(19-22-28-10)17(27)24-6-5-23-7-8-25-14(12(23)9-24)20-21-15(25)16(26)18-11-3-2-4-11;3-2(4,5)1(6)7/h11-12H,2-9H2,1H3,(H,18,26);(H,6,7). The number of carbonyl (C=O) groups is 3. The van der Waals surface area contributed by atoms with Gasteiger partial charge in [-0.25, -0.2) is 4.79 Å². The van der Waals surface area contributed by atoms with Gasteiger partial charge in [0, 0.05) is 38.8 Å². The fourth-order valence-electron chi connectivity index (χ4n) is 4.08. The van der Waals surface area contributed by atoms with Gasteiger partial charge in [-0.15, -0.1) is 15.3 Å². The average molecular weight is 517 g/mol. The number of amides is 2. The minimum Gasteiger partial charge on any atom is -0.475 e. The lowest BCUT2D eigenvalue weighted by atomic mass is 9.93. The maximum absolute atomic E-state index is 12.8. The third kappa shape index (κ3) is 5.27. The number of piperazine rings is 1. The Morgan fingerprint density at radius 2 is 1.77 bits per heavy atom. The van der Waals surface area contributed by atoms with Crippen LogP contribution in [0.3, 0.4) is 0 Å². The van der Waals surface area contributed by atoms with Crippen LogP contribution in [0.1, 0.15) is 57.1 Å². The zero-order valence-electron chi connectivity index (χ0n) is 18.7. The molecule has 0 radical (unpaired) electrons. The molecule has 2 aromatic heterocycles. The summed E-state index contributed by atoms with van der Waals surface area (Å²) in [7, 11) is 0. The Morgan fingerprint density at radius 1 is 1.09 bits per heavy atom. The van der Waals surface area contributed by atoms with Gasteiger partial charge in [-0.1, -0.05) is 4.49 Å². The number of aliphatic carboxylic acids is 1. The molecule has 4 heterocycles. The summed E-state index contributed by atoms with van der Waals surface area (Å²) in [5.74, 6) is -1.86. The summed E-state index contributed by atoms with van der Waals surface area (Å²) in [6.07, 6.45) is -1.85. The number of carbonyl (C=O) groups excluding carboxylic acids is 2. The molecule has 1 atom stereocenters. The van der Waals surface area contributed by atoms with Gasteiger partial charge in [0.15, 0.2) is 11.5 Å². The highest BCUT2D eigenvalue weighted by molar-refractivity contribution is 7.05. The maximum Gasteiger partial charge on any atom is 0.490 e. The van der Waals surface area contributed by atoms with E-state index in [1.54, 1.807) is 0 Å². The van der Waals surface area contributed by atoms with Crippen LogP contribution in [0, 0.1) is 6.92 Å². The van der Waals surface area contributed by atoms with E-state index in [2.05, 4.69) is 30.0 Å². The van der Waals surface area contributed by atoms with Crippen molar-refractivity contribution < 1.29 is 32.7 Å². The van der Waals surface area contributed by atoms with E-state index in [0.717, 1.165) is 43.1 Å². The first kappa shape index (κ1) is 25.0. The zero-order valence-corrected chi connectivity index (χ0v) is 19.5. The van der Waals surface area contributed by atoms with Crippen molar-refractivity contribution in [2.45, 2.75) is 51.0 Å². The minimum atomic E-state index is -5.08. The van der Waals surface area contributed by atoms with Crippen LogP contribution < -0.4 is 5.32 Å². The lowest BCUT2D eigenvalue weighted by molar-refractivity contribution is -0.192. The van der Waals surface area contributed by atoms with Crippen molar-refractivity contribution >= 4 is 29.3 Å². The molecule has 2 amide bonds. The molecule has 5 rings (SSSR count). The van der Waals surface area contributed by atoms with E-state index < -0.39 is 12.1 Å². The number of hydrogen-bond acceptors (Lipinski definition) is 9. The highest BCUT2D eigenvalue weighted by Gasteiger charge is 2.39. The van der Waals surface area contributed by atoms with Crippen LogP contribution >= 0.6 is 11.5 Å². The van der Waals surface area contributed by atoms with E-state index in [0.29, 0.717) is 31.2 Å². The molecule has 0 aromatic carbocycles. The van der Waals surface area contributed by atoms with Crippen molar-refractivity contribution in [2.24, 2.45) is 0 Å². The van der Waals surface area contributed by atoms with Crippen molar-refractivity contribution in [1.82, 2.24) is 39.5 Å². The molecule has 3 aliphatic rings. The van der Waals surface area contributed by atoms with Gasteiger partial charge in [0.25, 0.3) is 11.8 Å². The predicted molar refractivity (Wildman–Crippen MR) is 114 cm³/mol. The number of fused-ring (bicyclic) bond motifs is 3. The molecule has 190 valence electrons. The van der Waals surface area contributed by atoms with Crippen LogP contribution in [0.25, 0.3) is 0 Å². The SMILES string of the molecule is Cc1snnc1C(=O)N1CCN2CCn3c(C(=O)NC4CCC4)nnc3C2C1.O=C(O)C(F)(F)F. The molecule has 0 spiro atoms. The van der Waals surface area contributed by atoms with Crippen LogP contribution in [0.15, 0.2) is 0 Å². The Labute approximate surface area is 201 Å². The van der Waals surface area contributed by atoms with Gasteiger partial charge in [-0.05, 0) is 37.7 Å². The molecule has 1 saturated heterocycles. The second-order valence-electron chi connectivity index (χ2n) is 8.42. The molecule has 35 heavy (non-hydrogen) atoms. The van der Waals surface area contributed by atoms with Gasteiger partial charge in [-0.3, -0.25) is 14.5 Å². The van der Waals surface area contributed by atoms with Gasteiger partial charge in [-0.2, -0.15) is 13.2 Å². The molecule has 0 bridgehead atoms. The summed E-state index contributed by atoms with van der Waals surface area (Å²) in [5.41, 5.74) is 0.427. The number of halogens is 3. The largest absolute Gasteiger partial charge is 0.490 e. The van der Waals surface area contributed by atoms with Gasteiger partial charge in [0.2, 0.25) is 5.82 Å².